The smallest absolute Gasteiger partial charge is 0.0912 e. The van der Waals surface area contributed by atoms with Gasteiger partial charge in [0.2, 0.25) is 0 Å². The fraction of sp³-hybridized carbons (Fsp3) is 0.667. The summed E-state index contributed by atoms with van der Waals surface area (Å²) in [6, 6.07) is 11.5. The zero-order valence-corrected chi connectivity index (χ0v) is 21.9. The van der Waals surface area contributed by atoms with Crippen molar-refractivity contribution in [2.24, 2.45) is 23.7 Å². The number of hydrogen-bond donors (Lipinski definition) is 0. The number of benzene rings is 1. The highest BCUT2D eigenvalue weighted by Gasteiger charge is 2.30. The predicted octanol–water partition coefficient (Wildman–Crippen LogP) is 9.77. The van der Waals surface area contributed by atoms with E-state index in [0.717, 1.165) is 23.7 Å². The van der Waals surface area contributed by atoms with Crippen molar-refractivity contribution in [2.75, 3.05) is 0 Å². The molecule has 0 radical (unpaired) electrons. The zero-order chi connectivity index (χ0) is 23.8. The maximum absolute atomic E-state index is 8.52. The lowest BCUT2D eigenvalue weighted by Crippen LogP contribution is -2.25. The Morgan fingerprint density at radius 3 is 1.85 bits per heavy atom. The van der Waals surface area contributed by atoms with Gasteiger partial charge in [0, 0.05) is 6.08 Å². The Morgan fingerprint density at radius 2 is 1.29 bits per heavy atom. The summed E-state index contributed by atoms with van der Waals surface area (Å²) in [5.74, 6) is 3.99. The largest absolute Gasteiger partial charge is 0.193 e. The molecule has 0 spiro atoms. The van der Waals surface area contributed by atoms with E-state index in [4.69, 9.17) is 5.26 Å². The molecule has 0 atom stereocenters. The van der Waals surface area contributed by atoms with Crippen molar-refractivity contribution in [3.63, 3.8) is 0 Å². The van der Waals surface area contributed by atoms with Crippen molar-refractivity contribution in [3.05, 3.63) is 59.7 Å². The molecule has 186 valence electrons. The predicted molar refractivity (Wildman–Crippen MR) is 147 cm³/mol. The molecule has 0 aliphatic heterocycles. The highest BCUT2D eigenvalue weighted by atomic mass is 14.4. The summed E-state index contributed by atoms with van der Waals surface area (Å²) in [4.78, 5) is 0. The van der Waals surface area contributed by atoms with Gasteiger partial charge in [0.05, 0.1) is 6.07 Å². The highest BCUT2D eigenvalue weighted by Crippen LogP contribution is 2.43. The second-order valence-electron chi connectivity index (χ2n) is 11.2. The van der Waals surface area contributed by atoms with Crippen molar-refractivity contribution in [2.45, 2.75) is 116 Å². The molecule has 2 saturated carbocycles. The van der Waals surface area contributed by atoms with E-state index in [1.807, 2.05) is 18.2 Å². The van der Waals surface area contributed by atoms with Crippen LogP contribution in [0.5, 0.6) is 0 Å². The van der Waals surface area contributed by atoms with Crippen LogP contribution in [0.4, 0.5) is 0 Å². The molecule has 1 heteroatoms. The Balaban J connectivity index is 1.23. The first-order valence-corrected chi connectivity index (χ1v) is 14.6. The molecule has 0 amide bonds. The van der Waals surface area contributed by atoms with Gasteiger partial charge in [-0.1, -0.05) is 94.4 Å². The van der Waals surface area contributed by atoms with Crippen LogP contribution in [0.1, 0.15) is 114 Å². The molecule has 34 heavy (non-hydrogen) atoms. The maximum Gasteiger partial charge on any atom is 0.0912 e. The minimum absolute atomic E-state index is 0.935. The third-order valence-electron chi connectivity index (χ3n) is 8.78. The van der Waals surface area contributed by atoms with Crippen molar-refractivity contribution >= 4 is 0 Å². The van der Waals surface area contributed by atoms with Gasteiger partial charge in [0.15, 0.2) is 0 Å². The van der Waals surface area contributed by atoms with Crippen molar-refractivity contribution in [1.29, 1.82) is 5.26 Å². The Hall–Kier alpha value is -1.81. The van der Waals surface area contributed by atoms with E-state index in [-0.39, 0.29) is 0 Å². The Morgan fingerprint density at radius 1 is 0.735 bits per heavy atom. The summed E-state index contributed by atoms with van der Waals surface area (Å²) in [5, 5.41) is 8.52. The topological polar surface area (TPSA) is 23.8 Å². The van der Waals surface area contributed by atoms with Crippen LogP contribution in [0.2, 0.25) is 0 Å². The lowest BCUT2D eigenvalue weighted by Gasteiger charge is -2.38. The first-order chi connectivity index (χ1) is 16.8. The van der Waals surface area contributed by atoms with Gasteiger partial charge in [-0.25, -0.2) is 0 Å². The van der Waals surface area contributed by atoms with Crippen LogP contribution in [0.3, 0.4) is 0 Å². The van der Waals surface area contributed by atoms with Gasteiger partial charge < -0.3 is 0 Å². The van der Waals surface area contributed by atoms with Crippen LogP contribution in [-0.2, 0) is 12.8 Å². The normalized spacial score (nSPS) is 25.6. The summed E-state index contributed by atoms with van der Waals surface area (Å²) in [6.45, 7) is 2.27. The lowest BCUT2D eigenvalue weighted by atomic mass is 9.68. The van der Waals surface area contributed by atoms with Gasteiger partial charge in [0.25, 0.3) is 0 Å². The fourth-order valence-corrected chi connectivity index (χ4v) is 6.52. The number of allylic oxidation sites excluding steroid dienone is 4. The number of hydrogen-bond acceptors (Lipinski definition) is 1. The van der Waals surface area contributed by atoms with E-state index < -0.39 is 0 Å². The number of nitriles is 1. The molecule has 0 unspecified atom stereocenters. The lowest BCUT2D eigenvalue weighted by molar-refractivity contribution is 0.140. The maximum atomic E-state index is 8.52. The molecule has 0 aromatic heterocycles. The van der Waals surface area contributed by atoms with E-state index in [1.165, 1.54) is 120 Å². The van der Waals surface area contributed by atoms with Gasteiger partial charge in [0.1, 0.15) is 0 Å². The van der Waals surface area contributed by atoms with Crippen LogP contribution in [0, 0.1) is 35.0 Å². The molecule has 0 bridgehead atoms. The molecule has 2 fully saturated rings. The van der Waals surface area contributed by atoms with Crippen molar-refractivity contribution < 1.29 is 0 Å². The minimum atomic E-state index is 0.935. The summed E-state index contributed by atoms with van der Waals surface area (Å²) < 4.78 is 0. The Labute approximate surface area is 210 Å². The van der Waals surface area contributed by atoms with E-state index in [0.29, 0.717) is 0 Å². The molecule has 1 aromatic rings. The van der Waals surface area contributed by atoms with E-state index >= 15 is 0 Å². The molecule has 2 aliphatic carbocycles. The van der Waals surface area contributed by atoms with Crippen molar-refractivity contribution in [3.8, 4) is 6.07 Å². The number of aryl methyl sites for hydroxylation is 2. The average molecular weight is 460 g/mol. The molecule has 2 aliphatic rings. The molecule has 0 N–H and O–H groups in total. The van der Waals surface area contributed by atoms with Crippen molar-refractivity contribution in [1.82, 2.24) is 0 Å². The number of unbranched alkanes of at least 4 members (excludes halogenated alkanes) is 2. The summed E-state index contributed by atoms with van der Waals surface area (Å²) in [6.07, 6.45) is 31.4. The van der Waals surface area contributed by atoms with E-state index in [2.05, 4.69) is 37.3 Å². The second-order valence-corrected chi connectivity index (χ2v) is 11.2. The first-order valence-electron chi connectivity index (χ1n) is 14.6. The fourth-order valence-electron chi connectivity index (χ4n) is 6.52. The summed E-state index contributed by atoms with van der Waals surface area (Å²) in [7, 11) is 0. The molecule has 3 rings (SSSR count). The van der Waals surface area contributed by atoms with Crippen LogP contribution in [0.15, 0.2) is 48.6 Å². The van der Waals surface area contributed by atoms with Gasteiger partial charge >= 0.3 is 0 Å². The third-order valence-corrected chi connectivity index (χ3v) is 8.78. The minimum Gasteiger partial charge on any atom is -0.193 e. The van der Waals surface area contributed by atoms with Gasteiger partial charge in [-0.3, -0.25) is 0 Å². The van der Waals surface area contributed by atoms with Gasteiger partial charge in [-0.15, -0.1) is 0 Å². The number of nitrogens with zero attached hydrogens (tertiary/aromatic N) is 1. The van der Waals surface area contributed by atoms with Crippen LogP contribution in [-0.4, -0.2) is 0 Å². The molecule has 1 nitrogen and oxygen atoms in total. The molecular formula is C33H49N. The molecule has 0 saturated heterocycles. The molecule has 1 aromatic carbocycles. The SMILES string of the molecule is CCCCc1ccc(CCCC[C@H]2CC[C@H](C3CCC(CC/C=C/C=C/C#N)CC3)CC2)cc1. The summed E-state index contributed by atoms with van der Waals surface area (Å²) in [5.41, 5.74) is 3.04. The van der Waals surface area contributed by atoms with Gasteiger partial charge in [-0.05, 0) is 99.0 Å². The van der Waals surface area contributed by atoms with Crippen LogP contribution >= 0.6 is 0 Å². The number of rotatable bonds is 13. The standard InChI is InChI=1S/C33H49N/c1-2-3-11-28-15-17-29(18-16-28)13-8-9-14-31-21-25-33(26-22-31)32-23-19-30(20-24-32)12-7-5-4-6-10-27-34/h4-6,10,15-18,30-33H,2-3,7-9,11-14,19-26H2,1H3/b5-4+,10-6+/t30?,31-,32?,33-. The Kier molecular flexibility index (Phi) is 12.6. The summed E-state index contributed by atoms with van der Waals surface area (Å²) >= 11 is 0. The second kappa shape index (κ2) is 16.0. The average Bonchev–Trinajstić information content (AvgIpc) is 2.89. The van der Waals surface area contributed by atoms with E-state index in [1.54, 1.807) is 6.08 Å². The highest BCUT2D eigenvalue weighted by molar-refractivity contribution is 5.22. The quantitative estimate of drug-likeness (QED) is 0.163. The molecule has 0 heterocycles. The zero-order valence-electron chi connectivity index (χ0n) is 21.9. The molecular weight excluding hydrogens is 410 g/mol. The van der Waals surface area contributed by atoms with Crippen LogP contribution < -0.4 is 0 Å². The first kappa shape index (κ1) is 26.8. The monoisotopic (exact) mass is 459 g/mol. The van der Waals surface area contributed by atoms with Crippen LogP contribution in [0.25, 0.3) is 0 Å². The Bertz CT molecular complexity index is 749. The van der Waals surface area contributed by atoms with E-state index in [9.17, 15) is 0 Å². The third kappa shape index (κ3) is 9.82. The van der Waals surface area contributed by atoms with Gasteiger partial charge in [-0.2, -0.15) is 5.26 Å².